The first-order valence-electron chi connectivity index (χ1n) is 11.8. The van der Waals surface area contributed by atoms with Crippen molar-refractivity contribution >= 4 is 46.7 Å². The second-order valence-corrected chi connectivity index (χ2v) is 10.6. The summed E-state index contributed by atoms with van der Waals surface area (Å²) in [6, 6.07) is 11.7. The average molecular weight is 517 g/mol. The van der Waals surface area contributed by atoms with E-state index in [4.69, 9.17) is 23.2 Å². The molecule has 4 unspecified atom stereocenters. The number of carbonyl (C=O) groups is 3. The molecule has 2 heterocycles. The van der Waals surface area contributed by atoms with Gasteiger partial charge >= 0.3 is 5.97 Å². The van der Waals surface area contributed by atoms with Crippen LogP contribution in [0.15, 0.2) is 42.5 Å². The largest absolute Gasteiger partial charge is 0.481 e. The van der Waals surface area contributed by atoms with Crippen LogP contribution >= 0.6 is 23.2 Å². The van der Waals surface area contributed by atoms with Crippen LogP contribution in [-0.4, -0.2) is 46.2 Å². The van der Waals surface area contributed by atoms with Gasteiger partial charge < -0.3 is 15.1 Å². The minimum atomic E-state index is -1.06. The third-order valence-corrected chi connectivity index (χ3v) is 7.89. The summed E-state index contributed by atoms with van der Waals surface area (Å²) in [6.45, 7) is -0.0698. The quantitative estimate of drug-likeness (QED) is 0.590. The number of rotatable bonds is 6. The number of aliphatic hydroxyl groups is 1. The summed E-state index contributed by atoms with van der Waals surface area (Å²) in [5, 5.41) is 20.7. The van der Waals surface area contributed by atoms with Crippen molar-refractivity contribution in [3.8, 4) is 0 Å². The number of aliphatic hydroxyl groups excluding tert-OH is 1. The van der Waals surface area contributed by atoms with E-state index in [1.807, 2.05) is 12.1 Å². The fourth-order valence-electron chi connectivity index (χ4n) is 5.70. The summed E-state index contributed by atoms with van der Waals surface area (Å²) in [6.07, 6.45) is 1.86. The molecule has 1 saturated carbocycles. The van der Waals surface area contributed by atoms with Crippen LogP contribution in [0.2, 0.25) is 10.0 Å². The standard InChI is InChI=1S/C26H26Cl2N2O5/c27-17-3-1-2-15(8-17)20-9-16(10-22(32)33)25(34)29(12-14-4-5-14)24-19-7-6-18(28)11-21(19)30(13-31)26(35)23(20)24/h1-3,6-8,11,14,16,20,23-24,31H,4-5,9-10,12-13H2,(H,32,33). The first kappa shape index (κ1) is 24.1. The van der Waals surface area contributed by atoms with Crippen molar-refractivity contribution in [3.63, 3.8) is 0 Å². The number of amides is 2. The number of aliphatic carboxylic acids is 1. The smallest absolute Gasteiger partial charge is 0.304 e. The van der Waals surface area contributed by atoms with E-state index < -0.39 is 36.5 Å². The van der Waals surface area contributed by atoms with Crippen LogP contribution in [0.1, 0.15) is 48.8 Å². The van der Waals surface area contributed by atoms with Gasteiger partial charge in [0.2, 0.25) is 11.8 Å². The van der Waals surface area contributed by atoms with Gasteiger partial charge in [0, 0.05) is 22.5 Å². The molecule has 1 saturated heterocycles. The fourth-order valence-corrected chi connectivity index (χ4v) is 6.06. The number of carboxylic acid groups (broad SMARTS) is 1. The van der Waals surface area contributed by atoms with Crippen LogP contribution in [0.3, 0.4) is 0 Å². The number of hydrogen-bond donors (Lipinski definition) is 2. The third-order valence-electron chi connectivity index (χ3n) is 7.42. The Kier molecular flexibility index (Phi) is 6.51. The Hall–Kier alpha value is -2.61. The van der Waals surface area contributed by atoms with Crippen LogP contribution < -0.4 is 4.90 Å². The lowest BCUT2D eigenvalue weighted by molar-refractivity contribution is -0.146. The molecule has 3 aliphatic rings. The van der Waals surface area contributed by atoms with Crippen LogP contribution in [0.25, 0.3) is 0 Å². The molecule has 9 heteroatoms. The summed E-state index contributed by atoms with van der Waals surface area (Å²) >= 11 is 12.6. The van der Waals surface area contributed by atoms with Crippen molar-refractivity contribution in [2.45, 2.75) is 37.6 Å². The fraction of sp³-hybridized carbons (Fsp3) is 0.423. The number of likely N-dealkylation sites (tertiary alicyclic amines) is 1. The molecule has 0 aromatic heterocycles. The molecule has 0 spiro atoms. The Labute approximate surface area is 213 Å². The van der Waals surface area contributed by atoms with Gasteiger partial charge in [-0.1, -0.05) is 41.4 Å². The molecule has 184 valence electrons. The topological polar surface area (TPSA) is 98.2 Å². The Morgan fingerprint density at radius 2 is 1.77 bits per heavy atom. The first-order valence-corrected chi connectivity index (χ1v) is 12.5. The number of fused-ring (bicyclic) bond motifs is 3. The molecule has 2 N–H and O–H groups in total. The Bertz CT molecular complexity index is 1180. The zero-order chi connectivity index (χ0) is 24.9. The first-order chi connectivity index (χ1) is 16.8. The molecule has 2 amide bonds. The minimum absolute atomic E-state index is 0.196. The summed E-state index contributed by atoms with van der Waals surface area (Å²) in [5.74, 6) is -3.26. The van der Waals surface area contributed by atoms with Gasteiger partial charge in [0.1, 0.15) is 6.73 Å². The summed E-state index contributed by atoms with van der Waals surface area (Å²) in [5.41, 5.74) is 1.97. The predicted octanol–water partition coefficient (Wildman–Crippen LogP) is 4.46. The second-order valence-electron chi connectivity index (χ2n) is 9.71. The molecule has 2 aromatic rings. The molecule has 0 bridgehead atoms. The third kappa shape index (κ3) is 4.53. The maximum absolute atomic E-state index is 14.0. The van der Waals surface area contributed by atoms with Gasteiger partial charge in [-0.15, -0.1) is 0 Å². The number of hydrogen-bond acceptors (Lipinski definition) is 4. The summed E-state index contributed by atoms with van der Waals surface area (Å²) < 4.78 is 0. The van der Waals surface area contributed by atoms with E-state index in [0.717, 1.165) is 24.0 Å². The van der Waals surface area contributed by atoms with E-state index in [1.165, 1.54) is 4.90 Å². The number of benzene rings is 2. The Morgan fingerprint density at radius 1 is 1.03 bits per heavy atom. The van der Waals surface area contributed by atoms with Crippen LogP contribution in [0.5, 0.6) is 0 Å². The highest BCUT2D eigenvalue weighted by atomic mass is 35.5. The molecular formula is C26H26Cl2N2O5. The maximum atomic E-state index is 14.0. The van der Waals surface area contributed by atoms with E-state index in [1.54, 1.807) is 35.2 Å². The molecule has 2 fully saturated rings. The predicted molar refractivity (Wildman–Crippen MR) is 131 cm³/mol. The highest BCUT2D eigenvalue weighted by Gasteiger charge is 2.53. The second kappa shape index (κ2) is 9.45. The number of carboxylic acids is 1. The Morgan fingerprint density at radius 3 is 2.43 bits per heavy atom. The van der Waals surface area contributed by atoms with E-state index in [2.05, 4.69) is 0 Å². The summed E-state index contributed by atoms with van der Waals surface area (Å²) in [7, 11) is 0. The number of halogens is 2. The lowest BCUT2D eigenvalue weighted by Crippen LogP contribution is -2.51. The number of anilines is 1. The molecule has 7 nitrogen and oxygen atoms in total. The van der Waals surface area contributed by atoms with Gasteiger partial charge in [-0.2, -0.15) is 0 Å². The van der Waals surface area contributed by atoms with E-state index in [-0.39, 0.29) is 24.7 Å². The van der Waals surface area contributed by atoms with Crippen molar-refractivity contribution in [2.75, 3.05) is 18.2 Å². The molecule has 1 aliphatic carbocycles. The van der Waals surface area contributed by atoms with Crippen molar-refractivity contribution in [3.05, 3.63) is 63.6 Å². The van der Waals surface area contributed by atoms with E-state index >= 15 is 0 Å². The molecule has 2 aromatic carbocycles. The maximum Gasteiger partial charge on any atom is 0.304 e. The minimum Gasteiger partial charge on any atom is -0.481 e. The molecule has 4 atom stereocenters. The van der Waals surface area contributed by atoms with Crippen LogP contribution in [0.4, 0.5) is 5.69 Å². The van der Waals surface area contributed by atoms with Crippen molar-refractivity contribution in [2.24, 2.45) is 17.8 Å². The van der Waals surface area contributed by atoms with Crippen molar-refractivity contribution in [1.82, 2.24) is 4.90 Å². The van der Waals surface area contributed by atoms with Gasteiger partial charge in [-0.05, 0) is 66.5 Å². The van der Waals surface area contributed by atoms with Gasteiger partial charge in [0.15, 0.2) is 0 Å². The van der Waals surface area contributed by atoms with Crippen molar-refractivity contribution in [1.29, 1.82) is 0 Å². The zero-order valence-corrected chi connectivity index (χ0v) is 20.5. The summed E-state index contributed by atoms with van der Waals surface area (Å²) in [4.78, 5) is 42.7. The number of nitrogens with zero attached hydrogens (tertiary/aromatic N) is 2. The van der Waals surface area contributed by atoms with E-state index in [9.17, 15) is 24.6 Å². The SMILES string of the molecule is O=C(O)CC1CC(c2cccc(Cl)c2)C2C(=O)N(CO)c3cc(Cl)ccc3C2N(CC2CC2)C1=O. The van der Waals surface area contributed by atoms with Crippen LogP contribution in [0, 0.1) is 17.8 Å². The highest BCUT2D eigenvalue weighted by molar-refractivity contribution is 6.31. The molecule has 0 radical (unpaired) electrons. The molecule has 5 rings (SSSR count). The van der Waals surface area contributed by atoms with Gasteiger partial charge in [-0.25, -0.2) is 0 Å². The molecule has 2 aliphatic heterocycles. The van der Waals surface area contributed by atoms with Gasteiger partial charge in [0.05, 0.1) is 24.1 Å². The zero-order valence-electron chi connectivity index (χ0n) is 18.9. The lowest BCUT2D eigenvalue weighted by atomic mass is 9.73. The monoisotopic (exact) mass is 516 g/mol. The van der Waals surface area contributed by atoms with Gasteiger partial charge in [-0.3, -0.25) is 19.3 Å². The van der Waals surface area contributed by atoms with Gasteiger partial charge in [0.25, 0.3) is 0 Å². The molecular weight excluding hydrogens is 491 g/mol. The normalized spacial score (nSPS) is 26.3. The lowest BCUT2D eigenvalue weighted by Gasteiger charge is -2.45. The van der Waals surface area contributed by atoms with Crippen LogP contribution in [-0.2, 0) is 14.4 Å². The molecule has 35 heavy (non-hydrogen) atoms. The van der Waals surface area contributed by atoms with Crippen molar-refractivity contribution < 1.29 is 24.6 Å². The number of carbonyl (C=O) groups excluding carboxylic acids is 2. The van der Waals surface area contributed by atoms with E-state index in [0.29, 0.717) is 28.2 Å². The highest BCUT2D eigenvalue weighted by Crippen LogP contribution is 2.53. The average Bonchev–Trinajstić information content (AvgIpc) is 3.64. The Balaban J connectivity index is 1.73.